The molecule has 2 heteroatoms. The van der Waals surface area contributed by atoms with E-state index in [9.17, 15) is 5.11 Å². The number of aliphatic hydroxyl groups excluding tert-OH is 1. The van der Waals surface area contributed by atoms with E-state index in [1.54, 1.807) is 0 Å². The zero-order valence-corrected chi connectivity index (χ0v) is 14.1. The van der Waals surface area contributed by atoms with E-state index < -0.39 is 5.60 Å². The van der Waals surface area contributed by atoms with Crippen molar-refractivity contribution in [2.75, 3.05) is 6.61 Å². The Morgan fingerprint density at radius 3 is 1.79 bits per heavy atom. The Balaban J connectivity index is 5.19. The van der Waals surface area contributed by atoms with Gasteiger partial charge in [-0.3, -0.25) is 0 Å². The van der Waals surface area contributed by atoms with Crippen LogP contribution < -0.4 is 0 Å². The van der Waals surface area contributed by atoms with Crippen LogP contribution in [0.3, 0.4) is 0 Å². The standard InChI is InChI=1S/C17H36O2/c1-7-11-16(5,12-10-13-18)15(4,8-2)14-17(6,19)9-3/h18-19H,7-14H2,1-6H3. The summed E-state index contributed by atoms with van der Waals surface area (Å²) in [4.78, 5) is 0. The van der Waals surface area contributed by atoms with Gasteiger partial charge in [0, 0.05) is 6.61 Å². The minimum Gasteiger partial charge on any atom is -0.396 e. The van der Waals surface area contributed by atoms with E-state index in [1.807, 2.05) is 6.92 Å². The lowest BCUT2D eigenvalue weighted by molar-refractivity contribution is -0.0563. The van der Waals surface area contributed by atoms with Crippen LogP contribution in [0.4, 0.5) is 0 Å². The van der Waals surface area contributed by atoms with E-state index in [2.05, 4.69) is 34.6 Å². The molecule has 0 saturated carbocycles. The molecule has 0 saturated heterocycles. The Bertz CT molecular complexity index is 250. The van der Waals surface area contributed by atoms with Crippen LogP contribution in [0.2, 0.25) is 0 Å². The third kappa shape index (κ3) is 5.07. The summed E-state index contributed by atoms with van der Waals surface area (Å²) >= 11 is 0. The first-order valence-corrected chi connectivity index (χ1v) is 8.03. The maximum Gasteiger partial charge on any atom is 0.0622 e. The van der Waals surface area contributed by atoms with Crippen LogP contribution in [0.1, 0.15) is 86.5 Å². The summed E-state index contributed by atoms with van der Waals surface area (Å²) in [6, 6.07) is 0. The molecule has 2 nitrogen and oxygen atoms in total. The second kappa shape index (κ2) is 7.64. The molecule has 0 aromatic heterocycles. The lowest BCUT2D eigenvalue weighted by Crippen LogP contribution is -2.43. The molecule has 0 spiro atoms. The maximum atomic E-state index is 10.5. The average molecular weight is 272 g/mol. The number of hydrogen-bond donors (Lipinski definition) is 2. The fourth-order valence-electron chi connectivity index (χ4n) is 3.48. The molecule has 0 aliphatic rings. The van der Waals surface area contributed by atoms with Crippen LogP contribution in [0.25, 0.3) is 0 Å². The first kappa shape index (κ1) is 18.9. The molecule has 0 fully saturated rings. The van der Waals surface area contributed by atoms with E-state index in [0.29, 0.717) is 0 Å². The van der Waals surface area contributed by atoms with Crippen LogP contribution >= 0.6 is 0 Å². The summed E-state index contributed by atoms with van der Waals surface area (Å²) < 4.78 is 0. The van der Waals surface area contributed by atoms with Crippen molar-refractivity contribution in [3.8, 4) is 0 Å². The molecule has 0 aromatic carbocycles. The predicted octanol–water partition coefficient (Wildman–Crippen LogP) is 4.53. The fraction of sp³-hybridized carbons (Fsp3) is 1.00. The second-order valence-electron chi connectivity index (χ2n) is 7.08. The van der Waals surface area contributed by atoms with Crippen LogP contribution in [-0.2, 0) is 0 Å². The smallest absolute Gasteiger partial charge is 0.0622 e. The van der Waals surface area contributed by atoms with Crippen LogP contribution in [0.5, 0.6) is 0 Å². The molecule has 3 atom stereocenters. The van der Waals surface area contributed by atoms with Gasteiger partial charge in [0.2, 0.25) is 0 Å². The largest absolute Gasteiger partial charge is 0.396 e. The highest BCUT2D eigenvalue weighted by Gasteiger charge is 2.45. The molecule has 0 heterocycles. The van der Waals surface area contributed by atoms with E-state index >= 15 is 0 Å². The van der Waals surface area contributed by atoms with Gasteiger partial charge in [-0.15, -0.1) is 0 Å². The molecule has 2 N–H and O–H groups in total. The van der Waals surface area contributed by atoms with Crippen LogP contribution in [0.15, 0.2) is 0 Å². The highest BCUT2D eigenvalue weighted by molar-refractivity contribution is 4.95. The van der Waals surface area contributed by atoms with Gasteiger partial charge >= 0.3 is 0 Å². The van der Waals surface area contributed by atoms with E-state index in [1.165, 1.54) is 0 Å². The fourth-order valence-corrected chi connectivity index (χ4v) is 3.48. The predicted molar refractivity (Wildman–Crippen MR) is 83.3 cm³/mol. The summed E-state index contributed by atoms with van der Waals surface area (Å²) in [5.74, 6) is 0. The number of rotatable bonds is 10. The van der Waals surface area contributed by atoms with E-state index in [0.717, 1.165) is 44.9 Å². The summed E-state index contributed by atoms with van der Waals surface area (Å²) in [6.45, 7) is 13.4. The number of aliphatic hydroxyl groups is 2. The SMILES string of the molecule is CCCC(C)(CCCO)C(C)(CC)CC(C)(O)CC. The van der Waals surface area contributed by atoms with Gasteiger partial charge in [-0.05, 0) is 49.9 Å². The highest BCUT2D eigenvalue weighted by Crippen LogP contribution is 2.52. The average Bonchev–Trinajstić information content (AvgIpc) is 2.36. The topological polar surface area (TPSA) is 40.5 Å². The van der Waals surface area contributed by atoms with Gasteiger partial charge in [0.25, 0.3) is 0 Å². The van der Waals surface area contributed by atoms with Crippen molar-refractivity contribution < 1.29 is 10.2 Å². The zero-order chi connectivity index (χ0) is 15.2. The zero-order valence-electron chi connectivity index (χ0n) is 14.1. The first-order chi connectivity index (χ1) is 8.70. The summed E-state index contributed by atoms with van der Waals surface area (Å²) in [5.41, 5.74) is -0.269. The van der Waals surface area contributed by atoms with Crippen molar-refractivity contribution >= 4 is 0 Å². The highest BCUT2D eigenvalue weighted by atomic mass is 16.3. The monoisotopic (exact) mass is 272 g/mol. The van der Waals surface area contributed by atoms with Crippen molar-refractivity contribution in [2.45, 2.75) is 92.1 Å². The van der Waals surface area contributed by atoms with Gasteiger partial charge in [-0.25, -0.2) is 0 Å². The molecule has 116 valence electrons. The molecule has 0 aromatic rings. The molecule has 0 aliphatic heterocycles. The van der Waals surface area contributed by atoms with E-state index in [-0.39, 0.29) is 17.4 Å². The summed E-state index contributed by atoms with van der Waals surface area (Å²) in [6.07, 6.45) is 6.94. The van der Waals surface area contributed by atoms with Gasteiger partial charge < -0.3 is 10.2 Å². The molecule has 0 radical (unpaired) electrons. The Morgan fingerprint density at radius 2 is 1.42 bits per heavy atom. The quantitative estimate of drug-likeness (QED) is 0.613. The van der Waals surface area contributed by atoms with Crippen molar-refractivity contribution in [1.29, 1.82) is 0 Å². The van der Waals surface area contributed by atoms with Crippen molar-refractivity contribution in [3.05, 3.63) is 0 Å². The van der Waals surface area contributed by atoms with Gasteiger partial charge in [0.15, 0.2) is 0 Å². The van der Waals surface area contributed by atoms with Gasteiger partial charge in [0.05, 0.1) is 5.60 Å². The van der Waals surface area contributed by atoms with Gasteiger partial charge in [-0.1, -0.05) is 47.5 Å². The number of hydrogen-bond acceptors (Lipinski definition) is 2. The molecular weight excluding hydrogens is 236 g/mol. The molecule has 0 aliphatic carbocycles. The van der Waals surface area contributed by atoms with Gasteiger partial charge in [0.1, 0.15) is 0 Å². The summed E-state index contributed by atoms with van der Waals surface area (Å²) in [7, 11) is 0. The summed E-state index contributed by atoms with van der Waals surface area (Å²) in [5, 5.41) is 19.7. The van der Waals surface area contributed by atoms with Crippen molar-refractivity contribution in [1.82, 2.24) is 0 Å². The normalized spacial score (nSPS) is 21.5. The maximum absolute atomic E-state index is 10.5. The van der Waals surface area contributed by atoms with Crippen molar-refractivity contribution in [3.63, 3.8) is 0 Å². The molecule has 19 heavy (non-hydrogen) atoms. The minimum absolute atomic E-state index is 0.123. The molecule has 0 bridgehead atoms. The van der Waals surface area contributed by atoms with Crippen molar-refractivity contribution in [2.24, 2.45) is 10.8 Å². The first-order valence-electron chi connectivity index (χ1n) is 8.03. The molecule has 0 rings (SSSR count). The van der Waals surface area contributed by atoms with Crippen LogP contribution in [-0.4, -0.2) is 22.4 Å². The Kier molecular flexibility index (Phi) is 7.60. The van der Waals surface area contributed by atoms with E-state index in [4.69, 9.17) is 5.11 Å². The van der Waals surface area contributed by atoms with Gasteiger partial charge in [-0.2, -0.15) is 0 Å². The Hall–Kier alpha value is -0.0800. The van der Waals surface area contributed by atoms with Crippen LogP contribution in [0, 0.1) is 10.8 Å². The molecule has 3 unspecified atom stereocenters. The third-order valence-electron chi connectivity index (χ3n) is 5.46. The Morgan fingerprint density at radius 1 is 0.842 bits per heavy atom. The molecular formula is C17H36O2. The second-order valence-corrected chi connectivity index (χ2v) is 7.08. The third-order valence-corrected chi connectivity index (χ3v) is 5.46. The molecule has 0 amide bonds. The lowest BCUT2D eigenvalue weighted by atomic mass is 9.56. The minimum atomic E-state index is -0.584. The Labute approximate surface area is 120 Å². The lowest BCUT2D eigenvalue weighted by Gasteiger charge is -2.50.